The van der Waals surface area contributed by atoms with Crippen LogP contribution in [0.1, 0.15) is 37.3 Å². The summed E-state index contributed by atoms with van der Waals surface area (Å²) < 4.78 is 11.3. The van der Waals surface area contributed by atoms with Gasteiger partial charge in [0.1, 0.15) is 6.61 Å². The molecule has 0 aliphatic heterocycles. The molecule has 2 heteroatoms. The van der Waals surface area contributed by atoms with E-state index in [1.165, 1.54) is 5.56 Å². The van der Waals surface area contributed by atoms with E-state index in [2.05, 4.69) is 38.1 Å². The Morgan fingerprint density at radius 1 is 1.00 bits per heavy atom. The summed E-state index contributed by atoms with van der Waals surface area (Å²) in [6.07, 6.45) is 1.12. The summed E-state index contributed by atoms with van der Waals surface area (Å²) in [5.74, 6) is 2.13. The molecule has 0 bridgehead atoms. The lowest BCUT2D eigenvalue weighted by Gasteiger charge is -2.15. The van der Waals surface area contributed by atoms with Crippen LogP contribution in [0.15, 0.2) is 48.5 Å². The fourth-order valence-electron chi connectivity index (χ4n) is 2.08. The molecule has 106 valence electrons. The Balaban J connectivity index is 2.11. The standard InChI is InChI=1S/C18H22O2/c1-4-14(2)16-10-11-17(18(12-16)19-3)20-13-15-8-6-5-7-9-15/h5-12,14H,4,13H2,1-3H3. The van der Waals surface area contributed by atoms with E-state index in [4.69, 9.17) is 9.47 Å². The van der Waals surface area contributed by atoms with E-state index >= 15 is 0 Å². The first-order chi connectivity index (χ1) is 9.74. The lowest BCUT2D eigenvalue weighted by Crippen LogP contribution is -1.99. The van der Waals surface area contributed by atoms with Crippen LogP contribution in [-0.4, -0.2) is 7.11 Å². The van der Waals surface area contributed by atoms with Gasteiger partial charge >= 0.3 is 0 Å². The molecule has 0 aliphatic rings. The number of rotatable bonds is 6. The molecule has 0 aliphatic carbocycles. The molecule has 0 amide bonds. The van der Waals surface area contributed by atoms with Gasteiger partial charge in [0.2, 0.25) is 0 Å². The molecule has 20 heavy (non-hydrogen) atoms. The molecule has 1 unspecified atom stereocenters. The van der Waals surface area contributed by atoms with Gasteiger partial charge in [0.25, 0.3) is 0 Å². The Morgan fingerprint density at radius 3 is 2.40 bits per heavy atom. The Morgan fingerprint density at radius 2 is 1.75 bits per heavy atom. The smallest absolute Gasteiger partial charge is 0.161 e. The molecule has 0 aromatic heterocycles. The van der Waals surface area contributed by atoms with Crippen molar-refractivity contribution in [3.63, 3.8) is 0 Å². The first-order valence-electron chi connectivity index (χ1n) is 7.09. The summed E-state index contributed by atoms with van der Waals surface area (Å²) >= 11 is 0. The molecular weight excluding hydrogens is 248 g/mol. The Kier molecular flexibility index (Phi) is 5.05. The molecule has 2 aromatic rings. The van der Waals surface area contributed by atoms with Crippen molar-refractivity contribution in [2.75, 3.05) is 7.11 Å². The van der Waals surface area contributed by atoms with E-state index in [0.29, 0.717) is 12.5 Å². The van der Waals surface area contributed by atoms with Gasteiger partial charge in [0.05, 0.1) is 7.11 Å². The third-order valence-corrected chi connectivity index (χ3v) is 3.61. The Labute approximate surface area is 121 Å². The zero-order valence-electron chi connectivity index (χ0n) is 12.4. The van der Waals surface area contributed by atoms with Gasteiger partial charge in [-0.1, -0.05) is 50.2 Å². The van der Waals surface area contributed by atoms with Gasteiger partial charge < -0.3 is 9.47 Å². The first-order valence-corrected chi connectivity index (χ1v) is 7.09. The van der Waals surface area contributed by atoms with Crippen LogP contribution in [-0.2, 0) is 6.61 Å². The van der Waals surface area contributed by atoms with Gasteiger partial charge in [-0.3, -0.25) is 0 Å². The van der Waals surface area contributed by atoms with Crippen molar-refractivity contribution in [2.45, 2.75) is 32.8 Å². The van der Waals surface area contributed by atoms with Crippen LogP contribution in [0.5, 0.6) is 11.5 Å². The molecule has 2 nitrogen and oxygen atoms in total. The van der Waals surface area contributed by atoms with Crippen LogP contribution in [0, 0.1) is 0 Å². The fraction of sp³-hybridized carbons (Fsp3) is 0.333. The van der Waals surface area contributed by atoms with E-state index in [1.54, 1.807) is 7.11 Å². The number of ether oxygens (including phenoxy) is 2. The zero-order chi connectivity index (χ0) is 14.4. The molecule has 0 N–H and O–H groups in total. The lowest BCUT2D eigenvalue weighted by molar-refractivity contribution is 0.284. The predicted molar refractivity (Wildman–Crippen MR) is 82.5 cm³/mol. The predicted octanol–water partition coefficient (Wildman–Crippen LogP) is 4.79. The van der Waals surface area contributed by atoms with Crippen LogP contribution in [0.2, 0.25) is 0 Å². The highest BCUT2D eigenvalue weighted by molar-refractivity contribution is 5.44. The van der Waals surface area contributed by atoms with Crippen molar-refractivity contribution in [3.8, 4) is 11.5 Å². The van der Waals surface area contributed by atoms with Crippen LogP contribution >= 0.6 is 0 Å². The van der Waals surface area contributed by atoms with E-state index in [1.807, 2.05) is 24.3 Å². The zero-order valence-corrected chi connectivity index (χ0v) is 12.4. The average Bonchev–Trinajstić information content (AvgIpc) is 2.53. The SMILES string of the molecule is CCC(C)c1ccc(OCc2ccccc2)c(OC)c1. The summed E-state index contributed by atoms with van der Waals surface area (Å²) in [5.41, 5.74) is 2.44. The molecule has 0 saturated heterocycles. The van der Waals surface area contributed by atoms with Crippen molar-refractivity contribution in [1.29, 1.82) is 0 Å². The minimum Gasteiger partial charge on any atom is -0.493 e. The molecule has 2 aromatic carbocycles. The number of methoxy groups -OCH3 is 1. The third kappa shape index (κ3) is 3.53. The monoisotopic (exact) mass is 270 g/mol. The fourth-order valence-corrected chi connectivity index (χ4v) is 2.08. The topological polar surface area (TPSA) is 18.5 Å². The Bertz CT molecular complexity index is 534. The maximum atomic E-state index is 5.86. The molecule has 0 saturated carbocycles. The summed E-state index contributed by atoms with van der Waals surface area (Å²) in [5, 5.41) is 0. The second-order valence-corrected chi connectivity index (χ2v) is 4.99. The molecule has 0 fully saturated rings. The van der Waals surface area contributed by atoms with Crippen LogP contribution in [0.4, 0.5) is 0 Å². The van der Waals surface area contributed by atoms with Gasteiger partial charge in [-0.2, -0.15) is 0 Å². The molecule has 1 atom stereocenters. The maximum absolute atomic E-state index is 5.86. The van der Waals surface area contributed by atoms with Crippen molar-refractivity contribution in [3.05, 3.63) is 59.7 Å². The normalized spacial score (nSPS) is 11.9. The van der Waals surface area contributed by atoms with Crippen LogP contribution in [0.25, 0.3) is 0 Å². The van der Waals surface area contributed by atoms with E-state index < -0.39 is 0 Å². The van der Waals surface area contributed by atoms with Gasteiger partial charge in [-0.15, -0.1) is 0 Å². The summed E-state index contributed by atoms with van der Waals surface area (Å²) in [6, 6.07) is 16.4. The molecule has 0 heterocycles. The maximum Gasteiger partial charge on any atom is 0.161 e. The summed E-state index contributed by atoms with van der Waals surface area (Å²) in [6.45, 7) is 4.97. The lowest BCUT2D eigenvalue weighted by atomic mass is 9.98. The summed E-state index contributed by atoms with van der Waals surface area (Å²) in [7, 11) is 1.69. The van der Waals surface area contributed by atoms with Gasteiger partial charge in [0.15, 0.2) is 11.5 Å². The van der Waals surface area contributed by atoms with Crippen molar-refractivity contribution >= 4 is 0 Å². The highest BCUT2D eigenvalue weighted by Crippen LogP contribution is 2.32. The van der Waals surface area contributed by atoms with Gasteiger partial charge in [0, 0.05) is 0 Å². The van der Waals surface area contributed by atoms with E-state index in [-0.39, 0.29) is 0 Å². The molecular formula is C18H22O2. The van der Waals surface area contributed by atoms with Crippen molar-refractivity contribution in [1.82, 2.24) is 0 Å². The second kappa shape index (κ2) is 6.99. The minimum absolute atomic E-state index is 0.534. The number of hydrogen-bond acceptors (Lipinski definition) is 2. The summed E-state index contributed by atoms with van der Waals surface area (Å²) in [4.78, 5) is 0. The quantitative estimate of drug-likeness (QED) is 0.751. The highest BCUT2D eigenvalue weighted by atomic mass is 16.5. The van der Waals surface area contributed by atoms with Crippen molar-refractivity contribution in [2.24, 2.45) is 0 Å². The van der Waals surface area contributed by atoms with E-state index in [9.17, 15) is 0 Å². The van der Waals surface area contributed by atoms with Crippen LogP contribution < -0.4 is 9.47 Å². The second-order valence-electron chi connectivity index (χ2n) is 4.99. The van der Waals surface area contributed by atoms with Gasteiger partial charge in [-0.05, 0) is 35.6 Å². The molecule has 0 spiro atoms. The highest BCUT2D eigenvalue weighted by Gasteiger charge is 2.09. The third-order valence-electron chi connectivity index (χ3n) is 3.61. The minimum atomic E-state index is 0.534. The first kappa shape index (κ1) is 14.4. The van der Waals surface area contributed by atoms with Crippen LogP contribution in [0.3, 0.4) is 0 Å². The molecule has 0 radical (unpaired) electrons. The number of benzene rings is 2. The number of hydrogen-bond donors (Lipinski definition) is 0. The molecule has 2 rings (SSSR count). The van der Waals surface area contributed by atoms with Gasteiger partial charge in [-0.25, -0.2) is 0 Å². The average molecular weight is 270 g/mol. The largest absolute Gasteiger partial charge is 0.493 e. The van der Waals surface area contributed by atoms with Crippen molar-refractivity contribution < 1.29 is 9.47 Å². The Hall–Kier alpha value is -1.96. The van der Waals surface area contributed by atoms with E-state index in [0.717, 1.165) is 23.5 Å².